The smallest absolute Gasteiger partial charge is 0.493 e. The molecule has 3 rings (SSSR count). The van der Waals surface area contributed by atoms with Crippen LogP contribution in [0.5, 0.6) is 11.5 Å². The molecule has 1 heterocycles. The summed E-state index contributed by atoms with van der Waals surface area (Å²) >= 11 is 0. The Morgan fingerprint density at radius 2 is 1.83 bits per heavy atom. The fourth-order valence-corrected chi connectivity index (χ4v) is 2.99. The number of fused-ring (bicyclic) bond motifs is 1. The fourth-order valence-electron chi connectivity index (χ4n) is 2.99. The molecule has 1 aromatic carbocycles. The molecule has 3 nitrogen and oxygen atoms in total. The molecule has 1 fully saturated rings. The lowest BCUT2D eigenvalue weighted by Crippen LogP contribution is -2.17. The van der Waals surface area contributed by atoms with E-state index < -0.39 is 6.36 Å². The molecule has 0 N–H and O–H groups in total. The van der Waals surface area contributed by atoms with Crippen molar-refractivity contribution in [2.45, 2.75) is 32.0 Å². The molecule has 1 aromatic rings. The van der Waals surface area contributed by atoms with Gasteiger partial charge in [0.25, 0.3) is 0 Å². The molecular weight excluding hydrogens is 307 g/mol. The molecule has 23 heavy (non-hydrogen) atoms. The summed E-state index contributed by atoms with van der Waals surface area (Å²) in [5.41, 5.74) is 1.63. The molecule has 0 radical (unpaired) electrons. The maximum absolute atomic E-state index is 11.8. The van der Waals surface area contributed by atoms with E-state index in [0.717, 1.165) is 5.92 Å². The number of likely N-dealkylation sites (tertiary alicyclic amines) is 1. The molecule has 1 unspecified atom stereocenters. The second kappa shape index (κ2) is 7.62. The minimum atomic E-state index is -4.69. The minimum absolute atomic E-state index is 0.0554. The average Bonchev–Trinajstić information content (AvgIpc) is 2.89. The standard InChI is InChI=1S/C9H15N.C8H7F3O2/c1-10-7-6-8-4-2-3-5-9(8)10;1-12-6-4-2-3-5-7(6)13-8(9,10)11/h5,8H,2-4,6-7H2,1H3;2-5H,1H3. The summed E-state index contributed by atoms with van der Waals surface area (Å²) in [4.78, 5) is 2.42. The van der Waals surface area contributed by atoms with Crippen LogP contribution in [0.15, 0.2) is 36.0 Å². The summed E-state index contributed by atoms with van der Waals surface area (Å²) in [6.07, 6.45) is 3.33. The number of methoxy groups -OCH3 is 1. The van der Waals surface area contributed by atoms with Crippen molar-refractivity contribution in [2.75, 3.05) is 20.7 Å². The van der Waals surface area contributed by atoms with Crippen molar-refractivity contribution < 1.29 is 22.6 Å². The van der Waals surface area contributed by atoms with E-state index in [4.69, 9.17) is 0 Å². The van der Waals surface area contributed by atoms with Crippen molar-refractivity contribution in [3.05, 3.63) is 36.0 Å². The predicted octanol–water partition coefficient (Wildman–Crippen LogP) is 4.60. The number of hydrogen-bond donors (Lipinski definition) is 0. The van der Waals surface area contributed by atoms with Crippen molar-refractivity contribution in [2.24, 2.45) is 5.92 Å². The molecule has 128 valence electrons. The van der Waals surface area contributed by atoms with Crippen LogP contribution < -0.4 is 9.47 Å². The third-order valence-corrected chi connectivity index (χ3v) is 4.08. The molecule has 0 saturated carbocycles. The van der Waals surface area contributed by atoms with Crippen molar-refractivity contribution in [3.8, 4) is 11.5 Å². The number of allylic oxidation sites excluding steroid dienone is 2. The number of nitrogens with zero attached hydrogens (tertiary/aromatic N) is 1. The number of halogens is 3. The summed E-state index contributed by atoms with van der Waals surface area (Å²) in [7, 11) is 3.50. The van der Waals surface area contributed by atoms with Crippen LogP contribution in [-0.2, 0) is 0 Å². The lowest BCUT2D eigenvalue weighted by Gasteiger charge is -2.20. The fraction of sp³-hybridized carbons (Fsp3) is 0.529. The summed E-state index contributed by atoms with van der Waals surface area (Å²) in [5.74, 6) is 0.649. The van der Waals surface area contributed by atoms with Gasteiger partial charge in [0.15, 0.2) is 11.5 Å². The molecule has 1 saturated heterocycles. The molecule has 0 bridgehead atoms. The normalized spacial score (nSPS) is 20.1. The van der Waals surface area contributed by atoms with Gasteiger partial charge in [-0.3, -0.25) is 0 Å². The van der Waals surface area contributed by atoms with Gasteiger partial charge < -0.3 is 14.4 Å². The topological polar surface area (TPSA) is 21.7 Å². The molecule has 6 heteroatoms. The third kappa shape index (κ3) is 5.08. The van der Waals surface area contributed by atoms with Crippen LogP contribution in [0.4, 0.5) is 13.2 Å². The quantitative estimate of drug-likeness (QED) is 0.791. The van der Waals surface area contributed by atoms with Gasteiger partial charge in [0.1, 0.15) is 0 Å². The summed E-state index contributed by atoms with van der Waals surface area (Å²) in [6, 6.07) is 5.57. The van der Waals surface area contributed by atoms with Gasteiger partial charge in [-0.15, -0.1) is 13.2 Å². The van der Waals surface area contributed by atoms with E-state index in [9.17, 15) is 13.2 Å². The highest BCUT2D eigenvalue weighted by molar-refractivity contribution is 5.39. The lowest BCUT2D eigenvalue weighted by atomic mass is 9.93. The van der Waals surface area contributed by atoms with E-state index in [1.165, 1.54) is 57.5 Å². The van der Waals surface area contributed by atoms with Crippen molar-refractivity contribution in [3.63, 3.8) is 0 Å². The van der Waals surface area contributed by atoms with Gasteiger partial charge in [-0.2, -0.15) is 0 Å². The highest BCUT2D eigenvalue weighted by atomic mass is 19.4. The van der Waals surface area contributed by atoms with Crippen molar-refractivity contribution in [1.82, 2.24) is 4.90 Å². The van der Waals surface area contributed by atoms with E-state index in [-0.39, 0.29) is 11.5 Å². The Balaban J connectivity index is 0.000000172. The number of rotatable bonds is 2. The van der Waals surface area contributed by atoms with Gasteiger partial charge in [0, 0.05) is 25.2 Å². The first-order valence-electron chi connectivity index (χ1n) is 7.70. The van der Waals surface area contributed by atoms with Gasteiger partial charge in [-0.1, -0.05) is 18.2 Å². The maximum atomic E-state index is 11.8. The average molecular weight is 329 g/mol. The molecule has 2 aliphatic rings. The van der Waals surface area contributed by atoms with E-state index in [1.54, 1.807) is 11.8 Å². The van der Waals surface area contributed by atoms with Gasteiger partial charge in [-0.25, -0.2) is 0 Å². The maximum Gasteiger partial charge on any atom is 0.573 e. The molecule has 0 spiro atoms. The number of hydrogen-bond acceptors (Lipinski definition) is 3. The van der Waals surface area contributed by atoms with Crippen LogP contribution in [0.1, 0.15) is 25.7 Å². The summed E-state index contributed by atoms with van der Waals surface area (Å²) in [6.45, 7) is 1.29. The Hall–Kier alpha value is -1.85. The second-order valence-corrected chi connectivity index (χ2v) is 5.67. The number of para-hydroxylation sites is 2. The van der Waals surface area contributed by atoms with Crippen LogP contribution in [0.3, 0.4) is 0 Å². The highest BCUT2D eigenvalue weighted by Crippen LogP contribution is 2.34. The zero-order chi connectivity index (χ0) is 16.9. The van der Waals surface area contributed by atoms with Gasteiger partial charge in [-0.05, 0) is 37.8 Å². The lowest BCUT2D eigenvalue weighted by molar-refractivity contribution is -0.275. The highest BCUT2D eigenvalue weighted by Gasteiger charge is 2.32. The Morgan fingerprint density at radius 3 is 2.43 bits per heavy atom. The van der Waals surface area contributed by atoms with Crippen LogP contribution in [0.2, 0.25) is 0 Å². The largest absolute Gasteiger partial charge is 0.573 e. The first kappa shape index (κ1) is 17.5. The molecule has 1 aliphatic carbocycles. The van der Waals surface area contributed by atoms with Gasteiger partial charge in [0.2, 0.25) is 0 Å². The van der Waals surface area contributed by atoms with Crippen molar-refractivity contribution >= 4 is 0 Å². The summed E-state index contributed by atoms with van der Waals surface area (Å²) < 4.78 is 43.7. The van der Waals surface area contributed by atoms with E-state index in [2.05, 4.69) is 27.5 Å². The Bertz CT molecular complexity index is 543. The Kier molecular flexibility index (Phi) is 5.80. The molecule has 0 amide bonds. The van der Waals surface area contributed by atoms with Crippen molar-refractivity contribution in [1.29, 1.82) is 0 Å². The zero-order valence-corrected chi connectivity index (χ0v) is 13.4. The van der Waals surface area contributed by atoms with Gasteiger partial charge >= 0.3 is 6.36 Å². The third-order valence-electron chi connectivity index (χ3n) is 4.08. The van der Waals surface area contributed by atoms with Gasteiger partial charge in [0.05, 0.1) is 7.11 Å². The Morgan fingerprint density at radius 1 is 1.13 bits per heavy atom. The summed E-state index contributed by atoms with van der Waals surface area (Å²) in [5, 5.41) is 0. The zero-order valence-electron chi connectivity index (χ0n) is 13.4. The van der Waals surface area contributed by atoms with E-state index >= 15 is 0 Å². The number of benzene rings is 1. The second-order valence-electron chi connectivity index (χ2n) is 5.67. The number of ether oxygens (including phenoxy) is 2. The van der Waals surface area contributed by atoms with Crippen LogP contribution in [-0.4, -0.2) is 32.0 Å². The molecule has 0 aromatic heterocycles. The predicted molar refractivity (Wildman–Crippen MR) is 82.3 cm³/mol. The Labute approximate surface area is 134 Å². The molecule has 1 aliphatic heterocycles. The molecule has 1 atom stereocenters. The van der Waals surface area contributed by atoms with Crippen LogP contribution in [0.25, 0.3) is 0 Å². The monoisotopic (exact) mass is 329 g/mol. The first-order valence-corrected chi connectivity index (χ1v) is 7.70. The number of alkyl halides is 3. The van der Waals surface area contributed by atoms with E-state index in [1.807, 2.05) is 0 Å². The SMILES string of the molecule is CN1CCC2CCCC=C21.COc1ccccc1OC(F)(F)F. The van der Waals surface area contributed by atoms with Crippen LogP contribution >= 0.6 is 0 Å². The minimum Gasteiger partial charge on any atom is -0.493 e. The van der Waals surface area contributed by atoms with E-state index in [0.29, 0.717) is 0 Å². The first-order chi connectivity index (χ1) is 10.9. The van der Waals surface area contributed by atoms with Crippen LogP contribution in [0, 0.1) is 5.92 Å². The molecular formula is C17H22F3NO2.